The molecule has 3 fully saturated rings. The fraction of sp³-hybridized carbons (Fsp3) is 0.839. The van der Waals surface area contributed by atoms with Crippen LogP contribution >= 0.6 is 21.6 Å². The second-order valence-electron chi connectivity index (χ2n) is 13.1. The first-order valence-corrected chi connectivity index (χ1v) is 16.6. The van der Waals surface area contributed by atoms with Gasteiger partial charge in [0.15, 0.2) is 6.20 Å². The van der Waals surface area contributed by atoms with Crippen molar-refractivity contribution < 1.29 is 4.58 Å². The zero-order chi connectivity index (χ0) is 24.5. The SMILES string of the molecule is C=C/[N+](C)=C(\C)SSC1CCC2(C)C(=CCC3C2CCC2(C)C(CCCCC(C)C)CCC32)C1. The summed E-state index contributed by atoms with van der Waals surface area (Å²) >= 11 is 0. The molecule has 0 aromatic rings. The second-order valence-corrected chi connectivity index (χ2v) is 15.8. The van der Waals surface area contributed by atoms with Gasteiger partial charge in [-0.2, -0.15) is 4.58 Å². The summed E-state index contributed by atoms with van der Waals surface area (Å²) in [5, 5.41) is 2.11. The smallest absolute Gasteiger partial charge is 0.200 e. The van der Waals surface area contributed by atoms with E-state index in [-0.39, 0.29) is 0 Å². The van der Waals surface area contributed by atoms with Crippen LogP contribution in [0.2, 0.25) is 0 Å². The average molecular weight is 503 g/mol. The van der Waals surface area contributed by atoms with Gasteiger partial charge in [0.2, 0.25) is 5.04 Å². The van der Waals surface area contributed by atoms with E-state index in [0.717, 1.165) is 34.8 Å². The molecule has 4 aliphatic rings. The summed E-state index contributed by atoms with van der Waals surface area (Å²) in [5.74, 6) is 4.77. The highest BCUT2D eigenvalue weighted by Gasteiger charge is 2.58. The number of fused-ring (bicyclic) bond motifs is 5. The number of unbranched alkanes of at least 4 members (excludes halogenated alkanes) is 1. The molecule has 1 nitrogen and oxygen atoms in total. The Morgan fingerprint density at radius 2 is 1.94 bits per heavy atom. The quantitative estimate of drug-likeness (QED) is 0.0811. The normalized spacial score (nSPS) is 40.2. The van der Waals surface area contributed by atoms with Gasteiger partial charge in [-0.15, -0.1) is 0 Å². The Balaban J connectivity index is 1.39. The van der Waals surface area contributed by atoms with E-state index in [0.29, 0.717) is 10.8 Å². The third-order valence-electron chi connectivity index (χ3n) is 10.9. The number of rotatable bonds is 8. The molecule has 7 unspecified atom stereocenters. The first-order valence-electron chi connectivity index (χ1n) is 14.4. The molecule has 3 saturated carbocycles. The number of nitrogens with zero attached hydrogens (tertiary/aromatic N) is 1. The molecule has 0 saturated heterocycles. The van der Waals surface area contributed by atoms with Crippen LogP contribution in [0.3, 0.4) is 0 Å². The maximum atomic E-state index is 3.91. The zero-order valence-electron chi connectivity index (χ0n) is 23.1. The molecule has 4 rings (SSSR count). The molecule has 0 aromatic heterocycles. The predicted octanol–water partition coefficient (Wildman–Crippen LogP) is 9.74. The van der Waals surface area contributed by atoms with Gasteiger partial charge in [-0.25, -0.2) is 0 Å². The summed E-state index contributed by atoms with van der Waals surface area (Å²) in [6.45, 7) is 16.3. The van der Waals surface area contributed by atoms with Gasteiger partial charge >= 0.3 is 0 Å². The summed E-state index contributed by atoms with van der Waals surface area (Å²) in [5.41, 5.74) is 2.95. The molecular formula is C31H52NS2+. The Kier molecular flexibility index (Phi) is 8.76. The maximum Gasteiger partial charge on any atom is 0.223 e. The van der Waals surface area contributed by atoms with E-state index in [1.54, 1.807) is 0 Å². The lowest BCUT2D eigenvalue weighted by Crippen LogP contribution is -2.50. The van der Waals surface area contributed by atoms with E-state index in [4.69, 9.17) is 0 Å². The van der Waals surface area contributed by atoms with E-state index in [1.807, 2.05) is 22.6 Å². The van der Waals surface area contributed by atoms with Crippen molar-refractivity contribution in [3.63, 3.8) is 0 Å². The van der Waals surface area contributed by atoms with Crippen LogP contribution in [-0.2, 0) is 0 Å². The van der Waals surface area contributed by atoms with Crippen molar-refractivity contribution in [3.8, 4) is 0 Å². The molecule has 0 amide bonds. The van der Waals surface area contributed by atoms with Crippen LogP contribution in [0.5, 0.6) is 0 Å². The van der Waals surface area contributed by atoms with Crippen LogP contribution < -0.4 is 0 Å². The molecule has 34 heavy (non-hydrogen) atoms. The van der Waals surface area contributed by atoms with Crippen molar-refractivity contribution in [3.05, 3.63) is 24.4 Å². The van der Waals surface area contributed by atoms with Gasteiger partial charge in [0.1, 0.15) is 7.05 Å². The molecule has 4 aliphatic carbocycles. The first kappa shape index (κ1) is 26.9. The molecule has 0 N–H and O–H groups in total. The third-order valence-corrected chi connectivity index (χ3v) is 14.0. The van der Waals surface area contributed by atoms with E-state index in [1.165, 1.54) is 82.1 Å². The van der Waals surface area contributed by atoms with E-state index in [9.17, 15) is 0 Å². The minimum absolute atomic E-state index is 0.484. The van der Waals surface area contributed by atoms with Crippen LogP contribution in [0.25, 0.3) is 0 Å². The molecule has 3 heteroatoms. The van der Waals surface area contributed by atoms with Crippen molar-refractivity contribution >= 4 is 26.6 Å². The van der Waals surface area contributed by atoms with Gasteiger partial charge < -0.3 is 0 Å². The van der Waals surface area contributed by atoms with Crippen LogP contribution in [0, 0.1) is 40.4 Å². The summed E-state index contributed by atoms with van der Waals surface area (Å²) in [4.78, 5) is 0. The molecule has 0 heterocycles. The van der Waals surface area contributed by atoms with Crippen molar-refractivity contribution in [2.24, 2.45) is 40.4 Å². The average Bonchev–Trinajstić information content (AvgIpc) is 3.15. The second kappa shape index (κ2) is 11.1. The highest BCUT2D eigenvalue weighted by Crippen LogP contribution is 2.67. The molecule has 0 bridgehead atoms. The summed E-state index contributed by atoms with van der Waals surface area (Å²) in [6, 6.07) is 0. The Morgan fingerprint density at radius 3 is 2.68 bits per heavy atom. The van der Waals surface area contributed by atoms with Crippen LogP contribution in [0.4, 0.5) is 0 Å². The van der Waals surface area contributed by atoms with Gasteiger partial charge in [0.05, 0.1) is 0 Å². The van der Waals surface area contributed by atoms with E-state index >= 15 is 0 Å². The van der Waals surface area contributed by atoms with Gasteiger partial charge in [-0.3, -0.25) is 0 Å². The highest BCUT2D eigenvalue weighted by molar-refractivity contribution is 8.82. The lowest BCUT2D eigenvalue weighted by atomic mass is 9.47. The Labute approximate surface area is 219 Å². The Bertz CT molecular complexity index is 797. The van der Waals surface area contributed by atoms with Crippen molar-refractivity contribution in [2.75, 3.05) is 7.05 Å². The minimum atomic E-state index is 0.484. The lowest BCUT2D eigenvalue weighted by molar-refractivity contribution is -0.418. The van der Waals surface area contributed by atoms with Crippen molar-refractivity contribution in [1.29, 1.82) is 0 Å². The Hall–Kier alpha value is -0.150. The summed E-state index contributed by atoms with van der Waals surface area (Å²) in [6.07, 6.45) is 22.1. The lowest BCUT2D eigenvalue weighted by Gasteiger charge is -2.58. The van der Waals surface area contributed by atoms with Crippen molar-refractivity contribution in [2.45, 2.75) is 117 Å². The van der Waals surface area contributed by atoms with Gasteiger partial charge in [0.25, 0.3) is 0 Å². The maximum absolute atomic E-state index is 3.91. The molecule has 7 atom stereocenters. The van der Waals surface area contributed by atoms with E-state index < -0.39 is 0 Å². The fourth-order valence-electron chi connectivity index (χ4n) is 8.56. The molecule has 0 aromatic carbocycles. The largest absolute Gasteiger partial charge is 0.223 e. The van der Waals surface area contributed by atoms with Crippen LogP contribution in [0.1, 0.15) is 112 Å². The number of hydrogen-bond donors (Lipinski definition) is 0. The molecule has 0 aliphatic heterocycles. The Morgan fingerprint density at radius 1 is 1.15 bits per heavy atom. The standard InChI is InChI=1S/C31H52NS2/c1-8-32(7)23(4)33-34-26-17-19-31(6)25(21-26)13-15-27-28-16-14-24(12-10-9-11-22(2)3)30(28,5)20-18-29(27)31/h8,13,22,24,26-29H,1,9-12,14-21H2,2-7H3/q+1/b32-23+. The van der Waals surface area contributed by atoms with Gasteiger partial charge in [-0.1, -0.05) is 69.4 Å². The van der Waals surface area contributed by atoms with Crippen LogP contribution in [0.15, 0.2) is 24.4 Å². The number of allylic oxidation sites excluding steroid dienone is 2. The van der Waals surface area contributed by atoms with E-state index in [2.05, 4.69) is 69.7 Å². The van der Waals surface area contributed by atoms with Gasteiger partial charge in [0, 0.05) is 23.0 Å². The minimum Gasteiger partial charge on any atom is -0.200 e. The third kappa shape index (κ3) is 5.27. The zero-order valence-corrected chi connectivity index (χ0v) is 24.7. The monoisotopic (exact) mass is 502 g/mol. The molecule has 0 radical (unpaired) electrons. The van der Waals surface area contributed by atoms with Gasteiger partial charge in [-0.05, 0) is 105 Å². The molecule has 192 valence electrons. The first-order chi connectivity index (χ1) is 16.2. The summed E-state index contributed by atoms with van der Waals surface area (Å²) < 4.78 is 2.15. The molecule has 0 spiro atoms. The highest BCUT2D eigenvalue weighted by atomic mass is 33.1. The molecular weight excluding hydrogens is 450 g/mol. The van der Waals surface area contributed by atoms with Crippen molar-refractivity contribution in [1.82, 2.24) is 0 Å². The fourth-order valence-corrected chi connectivity index (χ4v) is 11.2. The number of hydrogen-bond acceptors (Lipinski definition) is 2. The topological polar surface area (TPSA) is 3.01 Å². The summed E-state index contributed by atoms with van der Waals surface area (Å²) in [7, 11) is 6.17. The van der Waals surface area contributed by atoms with Crippen LogP contribution in [-0.4, -0.2) is 21.9 Å². The predicted molar refractivity (Wildman–Crippen MR) is 155 cm³/mol.